The second kappa shape index (κ2) is 5.96. The van der Waals surface area contributed by atoms with Crippen molar-refractivity contribution in [3.05, 3.63) is 58.6 Å². The van der Waals surface area contributed by atoms with Crippen LogP contribution in [0.3, 0.4) is 0 Å². The van der Waals surface area contributed by atoms with E-state index in [1.54, 1.807) is 0 Å². The van der Waals surface area contributed by atoms with Gasteiger partial charge in [0.05, 0.1) is 0 Å². The molecule has 0 bridgehead atoms. The summed E-state index contributed by atoms with van der Waals surface area (Å²) in [6.07, 6.45) is 1.77. The number of aromatic nitrogens is 2. The van der Waals surface area contributed by atoms with Crippen LogP contribution in [-0.4, -0.2) is 9.97 Å². The van der Waals surface area contributed by atoms with Gasteiger partial charge in [0.15, 0.2) is 0 Å². The van der Waals surface area contributed by atoms with Gasteiger partial charge in [-0.05, 0) is 24.0 Å². The van der Waals surface area contributed by atoms with Gasteiger partial charge in [-0.1, -0.05) is 55.8 Å². The molecule has 2 aromatic rings. The van der Waals surface area contributed by atoms with Crippen molar-refractivity contribution >= 4 is 11.6 Å². The summed E-state index contributed by atoms with van der Waals surface area (Å²) >= 11 is 6.02. The third kappa shape index (κ3) is 3.54. The normalized spacial score (nSPS) is 10.9. The van der Waals surface area contributed by atoms with Crippen LogP contribution in [0.1, 0.15) is 36.8 Å². The molecule has 0 aliphatic heterocycles. The summed E-state index contributed by atoms with van der Waals surface area (Å²) in [6, 6.07) is 12.2. The average Bonchev–Trinajstić information content (AvgIpc) is 2.37. The molecule has 2 nitrogen and oxygen atoms in total. The minimum atomic E-state index is 0.376. The minimum Gasteiger partial charge on any atom is -0.238 e. The third-order valence-corrected chi connectivity index (χ3v) is 3.03. The van der Waals surface area contributed by atoms with Crippen LogP contribution in [0, 0.1) is 0 Å². The molecule has 0 spiro atoms. The maximum Gasteiger partial charge on any atom is 0.133 e. The fourth-order valence-electron chi connectivity index (χ4n) is 1.79. The highest BCUT2D eigenvalue weighted by Gasteiger charge is 2.06. The van der Waals surface area contributed by atoms with Gasteiger partial charge in [0, 0.05) is 12.1 Å². The molecule has 0 aliphatic rings. The van der Waals surface area contributed by atoms with E-state index in [9.17, 15) is 0 Å². The van der Waals surface area contributed by atoms with Crippen molar-refractivity contribution in [1.82, 2.24) is 9.97 Å². The number of hydrogen-bond donors (Lipinski definition) is 0. The fourth-order valence-corrected chi connectivity index (χ4v) is 2.00. The lowest BCUT2D eigenvalue weighted by molar-refractivity contribution is 0.771. The van der Waals surface area contributed by atoms with Gasteiger partial charge < -0.3 is 0 Å². The summed E-state index contributed by atoms with van der Waals surface area (Å²) in [5, 5.41) is 0.539. The Hall–Kier alpha value is -1.41. The molecule has 0 atom stereocenters. The SMILES string of the molecule is CC(C)c1cc(Cl)nc(CCc2ccccc2)n1. The van der Waals surface area contributed by atoms with Crippen molar-refractivity contribution in [3.63, 3.8) is 0 Å². The maximum absolute atomic E-state index is 6.02. The van der Waals surface area contributed by atoms with Gasteiger partial charge in [0.1, 0.15) is 11.0 Å². The van der Waals surface area contributed by atoms with Gasteiger partial charge in [0.2, 0.25) is 0 Å². The molecule has 2 rings (SSSR count). The van der Waals surface area contributed by atoms with Crippen LogP contribution in [0.2, 0.25) is 5.15 Å². The number of halogens is 1. The molecule has 3 heteroatoms. The van der Waals surface area contributed by atoms with E-state index in [0.29, 0.717) is 11.1 Å². The largest absolute Gasteiger partial charge is 0.238 e. The summed E-state index contributed by atoms with van der Waals surface area (Å²) in [5.74, 6) is 1.20. The zero-order valence-corrected chi connectivity index (χ0v) is 11.5. The number of rotatable bonds is 4. The standard InChI is InChI=1S/C15H17ClN2/c1-11(2)13-10-14(16)18-15(17-13)9-8-12-6-4-3-5-7-12/h3-7,10-11H,8-9H2,1-2H3. The molecule has 1 aromatic heterocycles. The quantitative estimate of drug-likeness (QED) is 0.776. The van der Waals surface area contributed by atoms with Crippen LogP contribution in [0.15, 0.2) is 36.4 Å². The van der Waals surface area contributed by atoms with Crippen molar-refractivity contribution in [2.45, 2.75) is 32.6 Å². The molecule has 1 aromatic carbocycles. The Labute approximate surface area is 113 Å². The smallest absolute Gasteiger partial charge is 0.133 e. The molecule has 0 saturated heterocycles. The van der Waals surface area contributed by atoms with Crippen molar-refractivity contribution in [3.8, 4) is 0 Å². The molecule has 0 fully saturated rings. The van der Waals surface area contributed by atoms with Crippen molar-refractivity contribution < 1.29 is 0 Å². The van der Waals surface area contributed by atoms with E-state index in [1.807, 2.05) is 24.3 Å². The molecule has 0 amide bonds. The second-order valence-electron chi connectivity index (χ2n) is 4.67. The lowest BCUT2D eigenvalue weighted by Crippen LogP contribution is -2.03. The fraction of sp³-hybridized carbons (Fsp3) is 0.333. The van der Waals surface area contributed by atoms with Crippen molar-refractivity contribution in [2.75, 3.05) is 0 Å². The Balaban J connectivity index is 2.10. The average molecular weight is 261 g/mol. The topological polar surface area (TPSA) is 25.8 Å². The van der Waals surface area contributed by atoms with Crippen LogP contribution < -0.4 is 0 Å². The first kappa shape index (κ1) is 13.0. The second-order valence-corrected chi connectivity index (χ2v) is 5.06. The molecule has 0 radical (unpaired) electrons. The van der Waals surface area contributed by atoms with Crippen LogP contribution in [0.25, 0.3) is 0 Å². The molecule has 0 N–H and O–H groups in total. The van der Waals surface area contributed by atoms with Crippen LogP contribution in [0.4, 0.5) is 0 Å². The monoisotopic (exact) mass is 260 g/mol. The van der Waals surface area contributed by atoms with Gasteiger partial charge in [-0.15, -0.1) is 0 Å². The molecular weight excluding hydrogens is 244 g/mol. The van der Waals surface area contributed by atoms with E-state index in [0.717, 1.165) is 24.4 Å². The summed E-state index contributed by atoms with van der Waals surface area (Å²) < 4.78 is 0. The highest BCUT2D eigenvalue weighted by Crippen LogP contribution is 2.16. The van der Waals surface area contributed by atoms with E-state index in [-0.39, 0.29) is 0 Å². The molecule has 18 heavy (non-hydrogen) atoms. The van der Waals surface area contributed by atoms with Gasteiger partial charge in [0.25, 0.3) is 0 Å². The van der Waals surface area contributed by atoms with Gasteiger partial charge >= 0.3 is 0 Å². The highest BCUT2D eigenvalue weighted by molar-refractivity contribution is 6.29. The Kier molecular flexibility index (Phi) is 4.32. The first-order valence-corrected chi connectivity index (χ1v) is 6.60. The van der Waals surface area contributed by atoms with E-state index >= 15 is 0 Å². The summed E-state index contributed by atoms with van der Waals surface area (Å²) in [6.45, 7) is 4.22. The van der Waals surface area contributed by atoms with Crippen LogP contribution in [-0.2, 0) is 12.8 Å². The van der Waals surface area contributed by atoms with E-state index in [2.05, 4.69) is 35.9 Å². The van der Waals surface area contributed by atoms with Crippen molar-refractivity contribution in [1.29, 1.82) is 0 Å². The minimum absolute atomic E-state index is 0.376. The summed E-state index contributed by atoms with van der Waals surface area (Å²) in [4.78, 5) is 8.84. The molecule has 0 unspecified atom stereocenters. The lowest BCUT2D eigenvalue weighted by atomic mass is 10.1. The molecule has 94 valence electrons. The summed E-state index contributed by atoms with van der Waals surface area (Å²) in [7, 11) is 0. The maximum atomic E-state index is 6.02. The molecule has 1 heterocycles. The predicted molar refractivity (Wildman–Crippen MR) is 75.0 cm³/mol. The molecular formula is C15H17ClN2. The first-order valence-electron chi connectivity index (χ1n) is 6.22. The molecule has 0 saturated carbocycles. The Morgan fingerprint density at radius 2 is 1.78 bits per heavy atom. The summed E-state index contributed by atoms with van der Waals surface area (Å²) in [5.41, 5.74) is 2.31. The van der Waals surface area contributed by atoms with E-state index in [4.69, 9.17) is 11.6 Å². The van der Waals surface area contributed by atoms with Gasteiger partial charge in [-0.25, -0.2) is 9.97 Å². The third-order valence-electron chi connectivity index (χ3n) is 2.83. The first-order chi connectivity index (χ1) is 8.65. The highest BCUT2D eigenvalue weighted by atomic mass is 35.5. The number of aryl methyl sites for hydroxylation is 2. The van der Waals surface area contributed by atoms with Gasteiger partial charge in [-0.3, -0.25) is 0 Å². The number of hydrogen-bond acceptors (Lipinski definition) is 2. The van der Waals surface area contributed by atoms with Gasteiger partial charge in [-0.2, -0.15) is 0 Å². The Morgan fingerprint density at radius 3 is 2.44 bits per heavy atom. The number of benzene rings is 1. The zero-order valence-electron chi connectivity index (χ0n) is 10.7. The Bertz CT molecular complexity index is 509. The predicted octanol–water partition coefficient (Wildman–Crippen LogP) is 4.04. The van der Waals surface area contributed by atoms with Crippen LogP contribution in [0.5, 0.6) is 0 Å². The lowest BCUT2D eigenvalue weighted by Gasteiger charge is -2.07. The Morgan fingerprint density at radius 1 is 1.06 bits per heavy atom. The van der Waals surface area contributed by atoms with E-state index in [1.165, 1.54) is 5.56 Å². The molecule has 0 aliphatic carbocycles. The van der Waals surface area contributed by atoms with Crippen LogP contribution >= 0.6 is 11.6 Å². The number of nitrogens with zero attached hydrogens (tertiary/aromatic N) is 2. The zero-order chi connectivity index (χ0) is 13.0. The van der Waals surface area contributed by atoms with E-state index < -0.39 is 0 Å². The van der Waals surface area contributed by atoms with Crippen molar-refractivity contribution in [2.24, 2.45) is 0 Å².